The second-order valence-corrected chi connectivity index (χ2v) is 11.5. The fourth-order valence-corrected chi connectivity index (χ4v) is 6.81. The van der Waals surface area contributed by atoms with E-state index in [1.165, 1.54) is 17.0 Å². The Hall–Kier alpha value is -3.23. The average Bonchev–Trinajstić information content (AvgIpc) is 3.17. The summed E-state index contributed by atoms with van der Waals surface area (Å²) in [6, 6.07) is 14.1. The molecule has 3 aliphatic rings. The van der Waals surface area contributed by atoms with Crippen LogP contribution in [0.3, 0.4) is 0 Å². The van der Waals surface area contributed by atoms with Crippen molar-refractivity contribution in [1.82, 2.24) is 4.90 Å². The molecule has 2 fully saturated rings. The van der Waals surface area contributed by atoms with Gasteiger partial charge in [0.15, 0.2) is 11.6 Å². The van der Waals surface area contributed by atoms with Crippen LogP contribution in [0.5, 0.6) is 5.75 Å². The first-order valence-corrected chi connectivity index (χ1v) is 14.4. The van der Waals surface area contributed by atoms with Gasteiger partial charge in [-0.25, -0.2) is 4.39 Å². The number of phenolic OH excluding ortho intramolecular Hbond substituents is 1. The van der Waals surface area contributed by atoms with Crippen LogP contribution in [-0.2, 0) is 14.2 Å². The largest absolute Gasteiger partial charge is 0.505 e. The lowest BCUT2D eigenvalue weighted by molar-refractivity contribution is -0.140. The van der Waals surface area contributed by atoms with Crippen molar-refractivity contribution < 1.29 is 28.8 Å². The number of hydrogen-bond acceptors (Lipinski definition) is 5. The summed E-state index contributed by atoms with van der Waals surface area (Å²) in [7, 11) is -1.02. The number of imide groups is 1. The first-order chi connectivity index (χ1) is 19.2. The Bertz CT molecular complexity index is 1340. The molecule has 5 rings (SSSR count). The molecule has 0 saturated carbocycles. The lowest BCUT2D eigenvalue weighted by Crippen LogP contribution is -2.46. The van der Waals surface area contributed by atoms with E-state index in [-0.39, 0.29) is 29.6 Å². The van der Waals surface area contributed by atoms with Crippen LogP contribution < -0.4 is 0 Å². The van der Waals surface area contributed by atoms with E-state index in [9.17, 15) is 24.1 Å². The zero-order valence-electron chi connectivity index (χ0n) is 23.3. The summed E-state index contributed by atoms with van der Waals surface area (Å²) >= 11 is 0. The van der Waals surface area contributed by atoms with Crippen LogP contribution in [-0.4, -0.2) is 46.6 Å². The average molecular weight is 545 g/mol. The second-order valence-electron chi connectivity index (χ2n) is 11.5. The number of likely N-dealkylation sites (tertiary alicyclic amines) is 1. The highest BCUT2D eigenvalue weighted by molar-refractivity contribution is 6.43. The van der Waals surface area contributed by atoms with Crippen molar-refractivity contribution in [2.24, 2.45) is 23.7 Å². The molecule has 2 saturated heterocycles. The molecule has 6 nitrogen and oxygen atoms in total. The first kappa shape index (κ1) is 28.3. The second kappa shape index (κ2) is 11.7. The summed E-state index contributed by atoms with van der Waals surface area (Å²) in [5.74, 6) is -2.17. The van der Waals surface area contributed by atoms with Gasteiger partial charge in [-0.2, -0.15) is 0 Å². The van der Waals surface area contributed by atoms with Gasteiger partial charge in [-0.3, -0.25) is 14.5 Å². The lowest BCUT2D eigenvalue weighted by Gasteiger charge is -2.44. The van der Waals surface area contributed by atoms with Crippen molar-refractivity contribution in [3.05, 3.63) is 76.6 Å². The Morgan fingerprint density at radius 3 is 2.58 bits per heavy atom. The molecule has 2 N–H and O–H groups in total. The number of hydrogen-bond donors (Lipinski definition) is 2. The molecule has 0 bridgehead atoms. The zero-order chi connectivity index (χ0) is 28.6. The van der Waals surface area contributed by atoms with E-state index in [1.807, 2.05) is 43.3 Å². The highest BCUT2D eigenvalue weighted by Crippen LogP contribution is 2.52. The molecule has 8 heteroatoms. The summed E-state index contributed by atoms with van der Waals surface area (Å²) in [5.41, 5.74) is 4.81. The Kier molecular flexibility index (Phi) is 8.29. The molecular weight excluding hydrogens is 508 g/mol. The lowest BCUT2D eigenvalue weighted by atomic mass is 9.57. The van der Waals surface area contributed by atoms with Crippen molar-refractivity contribution in [2.45, 2.75) is 58.9 Å². The van der Waals surface area contributed by atoms with E-state index >= 15 is 0 Å². The van der Waals surface area contributed by atoms with E-state index < -0.39 is 30.7 Å². The molecule has 2 amide bonds. The Balaban J connectivity index is 1.48. The summed E-state index contributed by atoms with van der Waals surface area (Å²) in [6.07, 6.45) is 4.20. The molecule has 2 aromatic rings. The predicted octanol–water partition coefficient (Wildman–Crippen LogP) is 5.72. The fraction of sp³-hybridized carbons (Fsp3) is 0.438. The number of allylic oxidation sites excluding steroid dienone is 2. The van der Waals surface area contributed by atoms with E-state index in [0.717, 1.165) is 22.3 Å². The third-order valence-electron chi connectivity index (χ3n) is 8.61. The van der Waals surface area contributed by atoms with Crippen LogP contribution in [0.15, 0.2) is 59.7 Å². The van der Waals surface area contributed by atoms with E-state index in [0.29, 0.717) is 44.1 Å². The number of carbonyl (C=O) groups excluding carboxylic acids is 2. The van der Waals surface area contributed by atoms with Gasteiger partial charge in [0.25, 0.3) is 0 Å². The minimum absolute atomic E-state index is 0.0815. The topological polar surface area (TPSA) is 87.1 Å². The first-order valence-electron chi connectivity index (χ1n) is 14.4. The summed E-state index contributed by atoms with van der Waals surface area (Å²) < 4.78 is 20.3. The highest BCUT2D eigenvalue weighted by atomic mass is 19.1. The fourth-order valence-electron chi connectivity index (χ4n) is 6.81. The summed E-state index contributed by atoms with van der Waals surface area (Å²) in [4.78, 5) is 28.2. The number of phenols is 1. The molecule has 0 aromatic heterocycles. The van der Waals surface area contributed by atoms with Crippen molar-refractivity contribution in [2.75, 3.05) is 6.54 Å². The maximum atomic E-state index is 14.1. The molecule has 1 aliphatic carbocycles. The third-order valence-corrected chi connectivity index (χ3v) is 8.61. The third kappa shape index (κ3) is 5.39. The number of aromatic hydroxyl groups is 1. The quantitative estimate of drug-likeness (QED) is 0.192. The highest BCUT2D eigenvalue weighted by Gasteiger charge is 2.57. The van der Waals surface area contributed by atoms with Crippen LogP contribution in [0.4, 0.5) is 4.39 Å². The van der Waals surface area contributed by atoms with E-state index in [1.54, 1.807) is 6.07 Å². The van der Waals surface area contributed by atoms with Crippen LogP contribution in [0, 0.1) is 29.5 Å². The minimum Gasteiger partial charge on any atom is -0.505 e. The van der Waals surface area contributed by atoms with Crippen LogP contribution >= 0.6 is 0 Å². The van der Waals surface area contributed by atoms with E-state index in [4.69, 9.17) is 4.65 Å². The molecule has 210 valence electrons. The monoisotopic (exact) mass is 545 g/mol. The Morgan fingerprint density at radius 1 is 1.15 bits per heavy atom. The van der Waals surface area contributed by atoms with Crippen LogP contribution in [0.2, 0.25) is 6.32 Å². The maximum absolute atomic E-state index is 14.1. The molecule has 0 radical (unpaired) electrons. The summed E-state index contributed by atoms with van der Waals surface area (Å²) in [6.45, 7) is 6.61. The SMILES string of the molecule is CCCN1C(=O)[C@@H]2[C@@H](CC(C(C)C)=C3[C@@H](CC/C(=C/c4ccc(O)c(F)c4)c4ccccc4)OB(O)C[C@@H]32)C1=O. The van der Waals surface area contributed by atoms with Gasteiger partial charge in [0.05, 0.1) is 17.9 Å². The number of carbonyl (C=O) groups is 2. The van der Waals surface area contributed by atoms with Gasteiger partial charge in [-0.1, -0.05) is 68.8 Å². The van der Waals surface area contributed by atoms with Crippen molar-refractivity contribution in [3.8, 4) is 5.75 Å². The molecule has 40 heavy (non-hydrogen) atoms. The van der Waals surface area contributed by atoms with Gasteiger partial charge in [-0.15, -0.1) is 0 Å². The zero-order valence-corrected chi connectivity index (χ0v) is 23.3. The van der Waals surface area contributed by atoms with Gasteiger partial charge in [-0.05, 0) is 78.2 Å². The normalized spacial score (nSPS) is 25.1. The molecule has 4 atom stereocenters. The molecule has 0 spiro atoms. The number of fused-ring (bicyclic) bond motifs is 3. The summed E-state index contributed by atoms with van der Waals surface area (Å²) in [5, 5.41) is 20.5. The standard InChI is InChI=1S/C32H37BFNO5/c1-4-14-35-31(37)24-17-23(19(2)3)29-25(30(24)32(35)38)18-33(39)40-28(29)13-11-22(21-8-6-5-7-9-21)15-20-10-12-27(36)26(34)16-20/h5-10,12,15-16,19,24-25,28,30,36,39H,4,11,13-14,17-18H2,1-3H3/b22-15-/t24-,25+,28-,30-/m1/s1. The number of amides is 2. The molecule has 2 aliphatic heterocycles. The van der Waals surface area contributed by atoms with Crippen molar-refractivity contribution in [3.63, 3.8) is 0 Å². The predicted molar refractivity (Wildman–Crippen MR) is 153 cm³/mol. The van der Waals surface area contributed by atoms with Gasteiger partial charge in [0.2, 0.25) is 11.8 Å². The van der Waals surface area contributed by atoms with E-state index in [2.05, 4.69) is 13.8 Å². The smallest absolute Gasteiger partial charge is 0.455 e. The number of nitrogens with zero attached hydrogens (tertiary/aromatic N) is 1. The van der Waals surface area contributed by atoms with Crippen molar-refractivity contribution in [1.29, 1.82) is 0 Å². The molecule has 2 heterocycles. The van der Waals surface area contributed by atoms with Gasteiger partial charge >= 0.3 is 7.12 Å². The number of rotatable bonds is 8. The van der Waals surface area contributed by atoms with Gasteiger partial charge < -0.3 is 14.8 Å². The van der Waals surface area contributed by atoms with Crippen LogP contribution in [0.25, 0.3) is 11.6 Å². The molecule has 0 unspecified atom stereocenters. The minimum atomic E-state index is -1.02. The van der Waals surface area contributed by atoms with Crippen molar-refractivity contribution >= 4 is 30.6 Å². The molecule has 2 aromatic carbocycles. The Morgan fingerprint density at radius 2 is 1.90 bits per heavy atom. The van der Waals surface area contributed by atoms with Gasteiger partial charge in [0, 0.05) is 6.54 Å². The Labute approximate surface area is 235 Å². The number of benzene rings is 2. The maximum Gasteiger partial charge on any atom is 0.455 e. The number of halogens is 1. The van der Waals surface area contributed by atoms with Crippen LogP contribution in [0.1, 0.15) is 57.6 Å². The van der Waals surface area contributed by atoms with Gasteiger partial charge in [0.1, 0.15) is 0 Å². The molecular formula is C32H37BFNO5.